The summed E-state index contributed by atoms with van der Waals surface area (Å²) in [5, 5.41) is 2.02. The van der Waals surface area contributed by atoms with E-state index in [4.69, 9.17) is 4.74 Å². The second-order valence-electron chi connectivity index (χ2n) is 8.25. The predicted octanol–water partition coefficient (Wildman–Crippen LogP) is 4.06. The highest BCUT2D eigenvalue weighted by molar-refractivity contribution is 7.92. The summed E-state index contributed by atoms with van der Waals surface area (Å²) < 4.78 is 34.1. The Morgan fingerprint density at radius 2 is 1.91 bits per heavy atom. The second-order valence-corrected chi connectivity index (χ2v) is 11.0. The molecule has 1 amide bonds. The third-order valence-corrected chi connectivity index (χ3v) is 7.57. The van der Waals surface area contributed by atoms with E-state index in [-0.39, 0.29) is 5.91 Å². The van der Waals surface area contributed by atoms with Gasteiger partial charge in [-0.15, -0.1) is 11.3 Å². The van der Waals surface area contributed by atoms with Gasteiger partial charge >= 0.3 is 0 Å². The largest absolute Gasteiger partial charge is 0.495 e. The molecule has 0 aliphatic carbocycles. The van der Waals surface area contributed by atoms with E-state index in [1.165, 1.54) is 7.11 Å². The minimum Gasteiger partial charge on any atom is -0.495 e. The van der Waals surface area contributed by atoms with Gasteiger partial charge in [-0.25, -0.2) is 8.42 Å². The molecule has 32 heavy (non-hydrogen) atoms. The van der Waals surface area contributed by atoms with Crippen molar-refractivity contribution in [1.29, 1.82) is 0 Å². The first kappa shape index (κ1) is 21.1. The zero-order chi connectivity index (χ0) is 22.5. The standard InChI is InChI=1S/C23H25N3O4S2/c1-30-20-12-15-7-10-26-19(23(27)25-8-3-4-9-25)14-17(21-6-5-11-31-21)22(26)16(15)13-18(20)24-32(2,28)29/h5-6,11-14,24H,3-4,7-10H2,1-2H3. The van der Waals surface area contributed by atoms with Crippen LogP contribution in [0.5, 0.6) is 5.75 Å². The minimum atomic E-state index is -3.48. The average Bonchev–Trinajstić information content (AvgIpc) is 3.52. The van der Waals surface area contributed by atoms with Gasteiger partial charge in [0, 0.05) is 35.6 Å². The van der Waals surface area contributed by atoms with Crippen LogP contribution in [0.3, 0.4) is 0 Å². The molecule has 0 atom stereocenters. The van der Waals surface area contributed by atoms with Crippen molar-refractivity contribution >= 4 is 33.0 Å². The number of hydrogen-bond acceptors (Lipinski definition) is 5. The van der Waals surface area contributed by atoms with E-state index in [1.807, 2.05) is 34.5 Å². The Morgan fingerprint density at radius 1 is 1.12 bits per heavy atom. The molecular weight excluding hydrogens is 446 g/mol. The smallest absolute Gasteiger partial charge is 0.270 e. The number of fused-ring (bicyclic) bond motifs is 3. The number of carbonyl (C=O) groups excluding carboxylic acids is 1. The molecule has 0 bridgehead atoms. The van der Waals surface area contributed by atoms with Crippen molar-refractivity contribution in [3.05, 3.63) is 47.0 Å². The summed E-state index contributed by atoms with van der Waals surface area (Å²) in [5.74, 6) is 0.554. The zero-order valence-corrected chi connectivity index (χ0v) is 19.7. The van der Waals surface area contributed by atoms with E-state index in [2.05, 4.69) is 15.4 Å². The van der Waals surface area contributed by atoms with Gasteiger partial charge in [-0.1, -0.05) is 6.07 Å². The molecular formula is C23H25N3O4S2. The number of nitrogens with one attached hydrogen (secondary N) is 1. The summed E-state index contributed by atoms with van der Waals surface area (Å²) in [7, 11) is -1.95. The first-order valence-corrected chi connectivity index (χ1v) is 13.4. The number of carbonyl (C=O) groups is 1. The summed E-state index contributed by atoms with van der Waals surface area (Å²) in [6.45, 7) is 2.28. The lowest BCUT2D eigenvalue weighted by Gasteiger charge is -2.25. The topological polar surface area (TPSA) is 80.6 Å². The molecule has 1 saturated heterocycles. The molecule has 0 saturated carbocycles. The van der Waals surface area contributed by atoms with Crippen LogP contribution in [0.4, 0.5) is 5.69 Å². The molecule has 168 valence electrons. The quantitative estimate of drug-likeness (QED) is 0.609. The normalized spacial score (nSPS) is 15.4. The maximum atomic E-state index is 13.4. The van der Waals surface area contributed by atoms with E-state index < -0.39 is 10.0 Å². The molecule has 0 unspecified atom stereocenters. The van der Waals surface area contributed by atoms with Crippen LogP contribution in [0.2, 0.25) is 0 Å². The molecule has 0 radical (unpaired) electrons. The number of benzene rings is 1. The average molecular weight is 472 g/mol. The molecule has 2 aliphatic heterocycles. The minimum absolute atomic E-state index is 0.0676. The number of amides is 1. The van der Waals surface area contributed by atoms with Crippen molar-refractivity contribution in [2.75, 3.05) is 31.2 Å². The third-order valence-electron chi connectivity index (χ3n) is 6.08. The van der Waals surface area contributed by atoms with Gasteiger partial charge in [-0.3, -0.25) is 9.52 Å². The molecule has 2 aromatic heterocycles. The Balaban J connectivity index is 1.71. The number of likely N-dealkylation sites (tertiary alicyclic amines) is 1. The Bertz CT molecular complexity index is 1290. The van der Waals surface area contributed by atoms with Crippen molar-refractivity contribution in [1.82, 2.24) is 9.47 Å². The molecule has 7 nitrogen and oxygen atoms in total. The Hall–Kier alpha value is -2.78. The van der Waals surface area contributed by atoms with E-state index in [0.29, 0.717) is 23.7 Å². The number of aromatic nitrogens is 1. The van der Waals surface area contributed by atoms with E-state index in [1.54, 1.807) is 11.3 Å². The number of ether oxygens (including phenoxy) is 1. The highest BCUT2D eigenvalue weighted by atomic mass is 32.2. The molecule has 4 heterocycles. The highest BCUT2D eigenvalue weighted by Gasteiger charge is 2.30. The lowest BCUT2D eigenvalue weighted by molar-refractivity contribution is 0.0782. The van der Waals surface area contributed by atoms with Crippen LogP contribution in [0.1, 0.15) is 28.9 Å². The fourth-order valence-corrected chi connectivity index (χ4v) is 5.98. The molecule has 0 spiro atoms. The number of thiophene rings is 1. The van der Waals surface area contributed by atoms with Gasteiger partial charge in [0.05, 0.1) is 24.7 Å². The predicted molar refractivity (Wildman–Crippen MR) is 127 cm³/mol. The van der Waals surface area contributed by atoms with Gasteiger partial charge in [0.1, 0.15) is 11.4 Å². The number of aryl methyl sites for hydroxylation is 1. The molecule has 1 aromatic carbocycles. The molecule has 2 aliphatic rings. The fourth-order valence-electron chi connectivity index (χ4n) is 4.68. The summed E-state index contributed by atoms with van der Waals surface area (Å²) in [5.41, 5.74) is 5.04. The van der Waals surface area contributed by atoms with Crippen LogP contribution in [0.25, 0.3) is 21.7 Å². The van der Waals surface area contributed by atoms with Crippen molar-refractivity contribution in [2.24, 2.45) is 0 Å². The van der Waals surface area contributed by atoms with Crippen LogP contribution in [0, 0.1) is 0 Å². The van der Waals surface area contributed by atoms with E-state index >= 15 is 0 Å². The number of hydrogen-bond donors (Lipinski definition) is 1. The monoisotopic (exact) mass is 471 g/mol. The van der Waals surface area contributed by atoms with Gasteiger partial charge in [-0.05, 0) is 54.5 Å². The van der Waals surface area contributed by atoms with Crippen molar-refractivity contribution in [3.8, 4) is 27.4 Å². The first-order chi connectivity index (χ1) is 15.4. The van der Waals surface area contributed by atoms with Gasteiger partial charge in [0.25, 0.3) is 5.91 Å². The maximum Gasteiger partial charge on any atom is 0.270 e. The maximum absolute atomic E-state index is 13.4. The Morgan fingerprint density at radius 3 is 2.56 bits per heavy atom. The summed E-state index contributed by atoms with van der Waals surface area (Å²) >= 11 is 1.63. The molecule has 5 rings (SSSR count). The van der Waals surface area contributed by atoms with Crippen LogP contribution in [-0.2, 0) is 23.0 Å². The number of nitrogens with zero attached hydrogens (tertiary/aromatic N) is 2. The van der Waals surface area contributed by atoms with Crippen molar-refractivity contribution in [3.63, 3.8) is 0 Å². The number of methoxy groups -OCH3 is 1. The molecule has 1 N–H and O–H groups in total. The van der Waals surface area contributed by atoms with E-state index in [9.17, 15) is 13.2 Å². The van der Waals surface area contributed by atoms with Gasteiger partial charge in [-0.2, -0.15) is 0 Å². The van der Waals surface area contributed by atoms with Crippen molar-refractivity contribution < 1.29 is 17.9 Å². The summed E-state index contributed by atoms with van der Waals surface area (Å²) in [6.07, 6.45) is 3.94. The number of sulfonamides is 1. The Labute approximate surface area is 191 Å². The lowest BCUT2D eigenvalue weighted by Crippen LogP contribution is -2.30. The fraction of sp³-hybridized carbons (Fsp3) is 0.348. The Kier molecular flexibility index (Phi) is 5.25. The molecule has 3 aromatic rings. The van der Waals surface area contributed by atoms with Crippen molar-refractivity contribution in [2.45, 2.75) is 25.8 Å². The first-order valence-electron chi connectivity index (χ1n) is 10.6. The summed E-state index contributed by atoms with van der Waals surface area (Å²) in [6, 6.07) is 9.80. The van der Waals surface area contributed by atoms with Gasteiger partial charge < -0.3 is 14.2 Å². The molecule has 9 heteroatoms. The number of anilines is 1. The van der Waals surface area contributed by atoms with E-state index in [0.717, 1.165) is 65.9 Å². The zero-order valence-electron chi connectivity index (χ0n) is 18.1. The van der Waals surface area contributed by atoms with Crippen LogP contribution < -0.4 is 9.46 Å². The third kappa shape index (κ3) is 3.69. The van der Waals surface area contributed by atoms with Gasteiger partial charge in [0.2, 0.25) is 10.0 Å². The molecule has 1 fully saturated rings. The second kappa shape index (κ2) is 7.97. The SMILES string of the molecule is COc1cc2c(cc1NS(C)(=O)=O)-c1c(-c3cccs3)cc(C(=O)N3CCCC3)n1CC2. The highest BCUT2D eigenvalue weighted by Crippen LogP contribution is 2.44. The summed E-state index contributed by atoms with van der Waals surface area (Å²) in [4.78, 5) is 16.4. The lowest BCUT2D eigenvalue weighted by atomic mass is 9.95. The van der Waals surface area contributed by atoms with Crippen LogP contribution >= 0.6 is 11.3 Å². The number of rotatable bonds is 5. The van der Waals surface area contributed by atoms with Crippen LogP contribution in [-0.4, -0.2) is 50.2 Å². The van der Waals surface area contributed by atoms with Crippen LogP contribution in [0.15, 0.2) is 35.7 Å². The van der Waals surface area contributed by atoms with Gasteiger partial charge in [0.15, 0.2) is 0 Å².